The Hall–Kier alpha value is -4.37. The fourth-order valence-electron chi connectivity index (χ4n) is 3.90. The molecule has 0 bridgehead atoms. The summed E-state index contributed by atoms with van der Waals surface area (Å²) in [7, 11) is 3.13. The van der Waals surface area contributed by atoms with Crippen LogP contribution in [-0.4, -0.2) is 45.6 Å². The van der Waals surface area contributed by atoms with Gasteiger partial charge in [-0.25, -0.2) is 0 Å². The number of benzene rings is 3. The SMILES string of the molecule is COc1ccc(OC)c(NC(=O)CSc2nnc(-c3ccncc3)n2-c2cccc3ccccc23)c1. The van der Waals surface area contributed by atoms with Crippen molar-refractivity contribution < 1.29 is 14.3 Å². The minimum Gasteiger partial charge on any atom is -0.497 e. The van der Waals surface area contributed by atoms with Gasteiger partial charge in [0.2, 0.25) is 5.91 Å². The van der Waals surface area contributed by atoms with E-state index in [9.17, 15) is 4.79 Å². The Morgan fingerprint density at radius 1 is 0.944 bits per heavy atom. The molecule has 180 valence electrons. The summed E-state index contributed by atoms with van der Waals surface area (Å²) in [6.07, 6.45) is 3.44. The summed E-state index contributed by atoms with van der Waals surface area (Å²) in [6, 6.07) is 23.3. The number of carbonyl (C=O) groups excluding carboxylic acids is 1. The molecule has 3 aromatic carbocycles. The van der Waals surface area contributed by atoms with E-state index in [1.807, 2.05) is 41.0 Å². The van der Waals surface area contributed by atoms with Crippen molar-refractivity contribution in [2.24, 2.45) is 0 Å². The predicted molar refractivity (Wildman–Crippen MR) is 141 cm³/mol. The van der Waals surface area contributed by atoms with Crippen molar-refractivity contribution >= 4 is 34.1 Å². The highest BCUT2D eigenvalue weighted by Crippen LogP contribution is 2.32. The van der Waals surface area contributed by atoms with Crippen LogP contribution < -0.4 is 14.8 Å². The maximum atomic E-state index is 12.9. The van der Waals surface area contributed by atoms with Gasteiger partial charge in [0.25, 0.3) is 0 Å². The second-order valence-electron chi connectivity index (χ2n) is 7.78. The number of hydrogen-bond acceptors (Lipinski definition) is 7. The molecule has 0 saturated carbocycles. The lowest BCUT2D eigenvalue weighted by atomic mass is 10.1. The Morgan fingerprint density at radius 2 is 1.75 bits per heavy atom. The molecule has 9 heteroatoms. The van der Waals surface area contributed by atoms with Crippen LogP contribution in [0, 0.1) is 0 Å². The van der Waals surface area contributed by atoms with Gasteiger partial charge in [0.05, 0.1) is 31.3 Å². The van der Waals surface area contributed by atoms with Crippen molar-refractivity contribution in [1.82, 2.24) is 19.7 Å². The zero-order chi connectivity index (χ0) is 24.9. The highest BCUT2D eigenvalue weighted by Gasteiger charge is 2.19. The minimum absolute atomic E-state index is 0.125. The first-order chi connectivity index (χ1) is 17.7. The predicted octanol–water partition coefficient (Wildman–Crippen LogP) is 5.23. The fourth-order valence-corrected chi connectivity index (χ4v) is 4.64. The maximum Gasteiger partial charge on any atom is 0.234 e. The first-order valence-electron chi connectivity index (χ1n) is 11.2. The summed E-state index contributed by atoms with van der Waals surface area (Å²) in [6.45, 7) is 0. The van der Waals surface area contributed by atoms with Gasteiger partial charge in [-0.1, -0.05) is 48.2 Å². The molecular weight excluding hydrogens is 474 g/mol. The van der Waals surface area contributed by atoms with Gasteiger partial charge in [-0.3, -0.25) is 14.3 Å². The van der Waals surface area contributed by atoms with Crippen LogP contribution >= 0.6 is 11.8 Å². The quantitative estimate of drug-likeness (QED) is 0.294. The average Bonchev–Trinajstić information content (AvgIpc) is 3.35. The van der Waals surface area contributed by atoms with Crippen LogP contribution in [0.1, 0.15) is 0 Å². The van der Waals surface area contributed by atoms with E-state index >= 15 is 0 Å². The van der Waals surface area contributed by atoms with E-state index in [2.05, 4.69) is 38.7 Å². The van der Waals surface area contributed by atoms with Crippen molar-refractivity contribution in [3.63, 3.8) is 0 Å². The van der Waals surface area contributed by atoms with Crippen molar-refractivity contribution in [3.8, 4) is 28.6 Å². The zero-order valence-electron chi connectivity index (χ0n) is 19.7. The molecule has 0 spiro atoms. The van der Waals surface area contributed by atoms with E-state index in [0.29, 0.717) is 28.2 Å². The van der Waals surface area contributed by atoms with Gasteiger partial charge in [0.15, 0.2) is 11.0 Å². The van der Waals surface area contributed by atoms with Crippen LogP contribution in [0.4, 0.5) is 5.69 Å². The average molecular weight is 498 g/mol. The number of anilines is 1. The third-order valence-corrected chi connectivity index (χ3v) is 6.52. The molecule has 0 radical (unpaired) electrons. The lowest BCUT2D eigenvalue weighted by Gasteiger charge is -2.14. The molecule has 0 aliphatic heterocycles. The van der Waals surface area contributed by atoms with Gasteiger partial charge in [-0.15, -0.1) is 10.2 Å². The smallest absolute Gasteiger partial charge is 0.234 e. The first kappa shape index (κ1) is 23.4. The number of pyridine rings is 1. The molecule has 2 aromatic heterocycles. The number of nitrogens with zero attached hydrogens (tertiary/aromatic N) is 4. The van der Waals surface area contributed by atoms with Crippen LogP contribution in [0.15, 0.2) is 90.3 Å². The molecule has 0 unspecified atom stereocenters. The second kappa shape index (κ2) is 10.5. The third kappa shape index (κ3) is 4.73. The number of carbonyl (C=O) groups is 1. The van der Waals surface area contributed by atoms with Crippen LogP contribution in [0.3, 0.4) is 0 Å². The molecule has 2 heterocycles. The van der Waals surface area contributed by atoms with E-state index in [1.54, 1.807) is 44.8 Å². The normalized spacial score (nSPS) is 10.8. The third-order valence-electron chi connectivity index (χ3n) is 5.59. The van der Waals surface area contributed by atoms with Crippen molar-refractivity contribution in [2.45, 2.75) is 5.16 Å². The van der Waals surface area contributed by atoms with Gasteiger partial charge < -0.3 is 14.8 Å². The minimum atomic E-state index is -0.204. The molecule has 5 aromatic rings. The van der Waals surface area contributed by atoms with E-state index in [-0.39, 0.29) is 11.7 Å². The summed E-state index contributed by atoms with van der Waals surface area (Å²) in [5.41, 5.74) is 2.35. The number of fused-ring (bicyclic) bond motifs is 1. The molecule has 5 rings (SSSR count). The summed E-state index contributed by atoms with van der Waals surface area (Å²) >= 11 is 1.31. The fraction of sp³-hybridized carbons (Fsp3) is 0.111. The van der Waals surface area contributed by atoms with Crippen LogP contribution in [-0.2, 0) is 4.79 Å². The molecular formula is C27H23N5O3S. The standard InChI is InChI=1S/C27H23N5O3S/c1-34-20-10-11-24(35-2)22(16-20)29-25(33)17-36-27-31-30-26(19-12-14-28-15-13-19)32(27)23-9-5-7-18-6-3-4-8-21(18)23/h3-16H,17H2,1-2H3,(H,29,33). The van der Waals surface area contributed by atoms with Gasteiger partial charge in [0, 0.05) is 29.4 Å². The molecule has 0 fully saturated rings. The van der Waals surface area contributed by atoms with Crippen molar-refractivity contribution in [1.29, 1.82) is 0 Å². The largest absolute Gasteiger partial charge is 0.497 e. The highest BCUT2D eigenvalue weighted by molar-refractivity contribution is 7.99. The van der Waals surface area contributed by atoms with Crippen molar-refractivity contribution in [3.05, 3.63) is 85.2 Å². The van der Waals surface area contributed by atoms with Crippen LogP contribution in [0.2, 0.25) is 0 Å². The molecule has 0 saturated heterocycles. The van der Waals surface area contributed by atoms with E-state index in [1.165, 1.54) is 11.8 Å². The van der Waals surface area contributed by atoms with Gasteiger partial charge in [-0.05, 0) is 35.7 Å². The Morgan fingerprint density at radius 3 is 2.56 bits per heavy atom. The topological polar surface area (TPSA) is 91.2 Å². The van der Waals surface area contributed by atoms with E-state index in [0.717, 1.165) is 22.0 Å². The second-order valence-corrected chi connectivity index (χ2v) is 8.72. The molecule has 0 aliphatic carbocycles. The van der Waals surface area contributed by atoms with Crippen LogP contribution in [0.5, 0.6) is 11.5 Å². The first-order valence-corrected chi connectivity index (χ1v) is 12.1. The number of methoxy groups -OCH3 is 2. The molecule has 8 nitrogen and oxygen atoms in total. The highest BCUT2D eigenvalue weighted by atomic mass is 32.2. The number of hydrogen-bond donors (Lipinski definition) is 1. The summed E-state index contributed by atoms with van der Waals surface area (Å²) in [4.78, 5) is 17.0. The Bertz CT molecular complexity index is 1520. The van der Waals surface area contributed by atoms with Crippen LogP contribution in [0.25, 0.3) is 27.8 Å². The Balaban J connectivity index is 1.48. The summed E-state index contributed by atoms with van der Waals surface area (Å²) in [5.74, 6) is 1.76. The van der Waals surface area contributed by atoms with Gasteiger partial charge in [-0.2, -0.15) is 0 Å². The number of aromatic nitrogens is 4. The molecule has 1 N–H and O–H groups in total. The number of amides is 1. The lowest BCUT2D eigenvalue weighted by Crippen LogP contribution is -2.15. The van der Waals surface area contributed by atoms with Gasteiger partial charge >= 0.3 is 0 Å². The molecule has 0 atom stereocenters. The maximum absolute atomic E-state index is 12.9. The number of thioether (sulfide) groups is 1. The monoisotopic (exact) mass is 497 g/mol. The molecule has 0 aliphatic rings. The Labute approximate surface area is 212 Å². The number of rotatable bonds is 8. The summed E-state index contributed by atoms with van der Waals surface area (Å²) < 4.78 is 12.6. The summed E-state index contributed by atoms with van der Waals surface area (Å²) in [5, 5.41) is 14.6. The van der Waals surface area contributed by atoms with E-state index in [4.69, 9.17) is 9.47 Å². The van der Waals surface area contributed by atoms with Gasteiger partial charge in [0.1, 0.15) is 11.5 Å². The van der Waals surface area contributed by atoms with E-state index < -0.39 is 0 Å². The number of ether oxygens (including phenoxy) is 2. The molecule has 1 amide bonds. The van der Waals surface area contributed by atoms with Crippen molar-refractivity contribution in [2.75, 3.05) is 25.3 Å². The zero-order valence-corrected chi connectivity index (χ0v) is 20.5. The number of nitrogens with one attached hydrogen (secondary N) is 1. The molecule has 36 heavy (non-hydrogen) atoms. The lowest BCUT2D eigenvalue weighted by molar-refractivity contribution is -0.113. The Kier molecular flexibility index (Phi) is 6.81.